The second kappa shape index (κ2) is 6.20. The van der Waals surface area contributed by atoms with Crippen LogP contribution < -0.4 is 0 Å². The van der Waals surface area contributed by atoms with E-state index in [2.05, 4.69) is 4.18 Å². The molecule has 10 heteroatoms. The second-order valence-corrected chi connectivity index (χ2v) is 3.90. The van der Waals surface area contributed by atoms with Crippen molar-refractivity contribution in [3.05, 3.63) is 0 Å². The van der Waals surface area contributed by atoms with E-state index in [0.717, 1.165) is 0 Å². The summed E-state index contributed by atoms with van der Waals surface area (Å²) in [6.45, 7) is -0.960. The first-order valence-corrected chi connectivity index (χ1v) is 5.35. The summed E-state index contributed by atoms with van der Waals surface area (Å²) in [5.74, 6) is 0. The maximum absolute atomic E-state index is 10.3. The summed E-state index contributed by atoms with van der Waals surface area (Å²) < 4.78 is 32.8. The summed E-state index contributed by atoms with van der Waals surface area (Å²) >= 11 is 0. The fourth-order valence-electron chi connectivity index (χ4n) is 0.861. The summed E-state index contributed by atoms with van der Waals surface area (Å²) in [7, 11) is -5.04. The Morgan fingerprint density at radius 2 is 1.75 bits per heavy atom. The molecule has 0 aliphatic rings. The number of hydrogen-bond acceptors (Lipinski definition) is 8. The Hall–Kier alpha value is -0.620. The predicted octanol–water partition coefficient (Wildman–Crippen LogP) is -3.55. The van der Waals surface area contributed by atoms with E-state index in [1.165, 1.54) is 0 Å². The minimum absolute atomic E-state index is 0.164. The van der Waals surface area contributed by atoms with Crippen molar-refractivity contribution >= 4 is 16.7 Å². The molecular weight excluding hydrogens is 248 g/mol. The fraction of sp³-hybridized carbons (Fsp3) is 0.833. The average Bonchev–Trinajstić information content (AvgIpc) is 2.21. The first kappa shape index (κ1) is 15.4. The third kappa shape index (κ3) is 4.94. The fourth-order valence-corrected chi connectivity index (χ4v) is 1.37. The van der Waals surface area contributed by atoms with Crippen molar-refractivity contribution in [1.82, 2.24) is 0 Å². The van der Waals surface area contributed by atoms with Crippen LogP contribution in [0, 0.1) is 0 Å². The minimum atomic E-state index is -5.04. The molecule has 0 aromatic rings. The van der Waals surface area contributed by atoms with Crippen molar-refractivity contribution in [1.29, 1.82) is 0 Å². The van der Waals surface area contributed by atoms with Crippen LogP contribution in [0.2, 0.25) is 0 Å². The molecule has 0 saturated heterocycles. The molecule has 96 valence electrons. The number of rotatable bonds is 7. The van der Waals surface area contributed by atoms with Crippen LogP contribution in [0.25, 0.3) is 0 Å². The van der Waals surface area contributed by atoms with Gasteiger partial charge >= 0.3 is 10.4 Å². The molecule has 0 unspecified atom stereocenters. The Labute approximate surface area is 90.9 Å². The summed E-state index contributed by atoms with van der Waals surface area (Å²) in [6, 6.07) is 0. The van der Waals surface area contributed by atoms with Crippen LogP contribution in [-0.2, 0) is 19.4 Å². The zero-order valence-corrected chi connectivity index (χ0v) is 8.69. The van der Waals surface area contributed by atoms with Crippen LogP contribution >= 0.6 is 0 Å². The minimum Gasteiger partial charge on any atom is -0.394 e. The van der Waals surface area contributed by atoms with E-state index >= 15 is 0 Å². The monoisotopic (exact) mass is 260 g/mol. The van der Waals surface area contributed by atoms with Gasteiger partial charge in [-0.3, -0.25) is 4.55 Å². The van der Waals surface area contributed by atoms with E-state index in [-0.39, 0.29) is 6.29 Å². The van der Waals surface area contributed by atoms with Crippen molar-refractivity contribution in [2.24, 2.45) is 0 Å². The van der Waals surface area contributed by atoms with Gasteiger partial charge in [-0.2, -0.15) is 8.42 Å². The first-order chi connectivity index (χ1) is 7.22. The van der Waals surface area contributed by atoms with Crippen molar-refractivity contribution in [3.63, 3.8) is 0 Å². The van der Waals surface area contributed by atoms with Crippen molar-refractivity contribution in [2.75, 3.05) is 6.61 Å². The molecule has 9 nitrogen and oxygen atoms in total. The number of hydrogen-bond donors (Lipinski definition) is 5. The zero-order chi connectivity index (χ0) is 12.9. The van der Waals surface area contributed by atoms with Crippen LogP contribution in [0.3, 0.4) is 0 Å². The van der Waals surface area contributed by atoms with E-state index in [4.69, 9.17) is 19.9 Å². The van der Waals surface area contributed by atoms with Crippen LogP contribution in [-0.4, -0.2) is 70.7 Å². The molecule has 0 saturated carbocycles. The number of carbonyl (C=O) groups excluding carboxylic acids is 1. The summed E-state index contributed by atoms with van der Waals surface area (Å²) in [4.78, 5) is 10.2. The lowest BCUT2D eigenvalue weighted by molar-refractivity contribution is -0.132. The molecule has 0 aliphatic heterocycles. The topological polar surface area (TPSA) is 162 Å². The lowest BCUT2D eigenvalue weighted by atomic mass is 10.0. The summed E-state index contributed by atoms with van der Waals surface area (Å²) in [6.07, 6.45) is -8.30. The van der Waals surface area contributed by atoms with E-state index in [9.17, 15) is 18.3 Å². The maximum Gasteiger partial charge on any atom is 0.397 e. The van der Waals surface area contributed by atoms with Crippen LogP contribution in [0.1, 0.15) is 0 Å². The average molecular weight is 260 g/mol. The Morgan fingerprint density at radius 3 is 2.06 bits per heavy atom. The highest BCUT2D eigenvalue weighted by molar-refractivity contribution is 7.80. The quantitative estimate of drug-likeness (QED) is 0.230. The van der Waals surface area contributed by atoms with Gasteiger partial charge in [0.2, 0.25) is 0 Å². The molecular formula is C6H12O9S. The molecule has 0 radical (unpaired) electrons. The van der Waals surface area contributed by atoms with E-state index in [1.807, 2.05) is 0 Å². The molecule has 0 aromatic carbocycles. The lowest BCUT2D eigenvalue weighted by Crippen LogP contribution is -2.48. The third-order valence-corrected chi connectivity index (χ3v) is 2.09. The highest BCUT2D eigenvalue weighted by Crippen LogP contribution is 2.11. The van der Waals surface area contributed by atoms with Gasteiger partial charge in [-0.1, -0.05) is 0 Å². The van der Waals surface area contributed by atoms with Crippen molar-refractivity contribution < 1.29 is 42.4 Å². The highest BCUT2D eigenvalue weighted by atomic mass is 32.3. The van der Waals surface area contributed by atoms with Gasteiger partial charge in [-0.15, -0.1) is 0 Å². The van der Waals surface area contributed by atoms with Crippen LogP contribution in [0.5, 0.6) is 0 Å². The molecule has 4 atom stereocenters. The number of carbonyl (C=O) groups is 1. The maximum atomic E-state index is 10.3. The van der Waals surface area contributed by atoms with E-state index in [1.54, 1.807) is 0 Å². The Bertz CT molecular complexity index is 312. The second-order valence-electron chi connectivity index (χ2n) is 2.86. The molecule has 0 bridgehead atoms. The van der Waals surface area contributed by atoms with Gasteiger partial charge in [0, 0.05) is 0 Å². The molecule has 0 amide bonds. The summed E-state index contributed by atoms with van der Waals surface area (Å²) in [5, 5.41) is 35.6. The molecule has 0 aliphatic carbocycles. The van der Waals surface area contributed by atoms with E-state index < -0.39 is 41.4 Å². The van der Waals surface area contributed by atoms with Gasteiger partial charge in [0.25, 0.3) is 0 Å². The number of aldehydes is 1. The Morgan fingerprint density at radius 1 is 1.25 bits per heavy atom. The first-order valence-electron chi connectivity index (χ1n) is 3.99. The molecule has 0 heterocycles. The molecule has 5 N–H and O–H groups in total. The van der Waals surface area contributed by atoms with E-state index in [0.29, 0.717) is 0 Å². The standard InChI is InChI=1S/C6H12O9S/c7-1-3(9)5(11)6(4(10)2-8)15-16(12,13)14/h2-7,9-11H,1H2,(H,12,13,14)/t3-,4-,5+,6+/m1/s1. The van der Waals surface area contributed by atoms with Crippen molar-refractivity contribution in [3.8, 4) is 0 Å². The Kier molecular flexibility index (Phi) is 5.96. The normalized spacial score (nSPS) is 19.8. The van der Waals surface area contributed by atoms with Crippen LogP contribution in [0.15, 0.2) is 0 Å². The van der Waals surface area contributed by atoms with Crippen LogP contribution in [0.4, 0.5) is 0 Å². The van der Waals surface area contributed by atoms with Gasteiger partial charge in [0.1, 0.15) is 24.4 Å². The van der Waals surface area contributed by atoms with Gasteiger partial charge in [-0.25, -0.2) is 4.18 Å². The molecule has 0 fully saturated rings. The highest BCUT2D eigenvalue weighted by Gasteiger charge is 2.36. The van der Waals surface area contributed by atoms with Gasteiger partial charge in [-0.05, 0) is 0 Å². The van der Waals surface area contributed by atoms with Gasteiger partial charge < -0.3 is 25.2 Å². The Balaban J connectivity index is 4.87. The molecule has 0 aromatic heterocycles. The largest absolute Gasteiger partial charge is 0.397 e. The lowest BCUT2D eigenvalue weighted by Gasteiger charge is -2.25. The number of aliphatic hydroxyl groups is 4. The molecule has 0 spiro atoms. The molecule has 0 rings (SSSR count). The molecule has 16 heavy (non-hydrogen) atoms. The smallest absolute Gasteiger partial charge is 0.394 e. The van der Waals surface area contributed by atoms with Gasteiger partial charge in [0.05, 0.1) is 6.61 Å². The SMILES string of the molecule is O=C[C@@H](O)[C@H](OS(=O)(=O)O)[C@@H](O)[C@H](O)CO. The summed E-state index contributed by atoms with van der Waals surface area (Å²) in [5.41, 5.74) is 0. The zero-order valence-electron chi connectivity index (χ0n) is 7.87. The van der Waals surface area contributed by atoms with Gasteiger partial charge in [0.15, 0.2) is 6.29 Å². The van der Waals surface area contributed by atoms with Crippen molar-refractivity contribution in [2.45, 2.75) is 24.4 Å². The predicted molar refractivity (Wildman–Crippen MR) is 47.6 cm³/mol. The third-order valence-electron chi connectivity index (χ3n) is 1.63. The number of aliphatic hydroxyl groups excluding tert-OH is 4.